The van der Waals surface area contributed by atoms with Gasteiger partial charge in [-0.25, -0.2) is 4.79 Å². The Morgan fingerprint density at radius 2 is 1.50 bits per heavy atom. The van der Waals surface area contributed by atoms with E-state index in [0.29, 0.717) is 37.2 Å². The number of benzene rings is 4. The van der Waals surface area contributed by atoms with E-state index in [9.17, 15) is 40.2 Å². The van der Waals surface area contributed by atoms with Crippen LogP contribution in [0.5, 0.6) is 11.5 Å². The second kappa shape index (κ2) is 14.6. The fraction of sp³-hybridized carbons (Fsp3) is 0.429. The lowest BCUT2D eigenvalue weighted by Crippen LogP contribution is -2.65. The number of aliphatic hydroxyl groups is 4. The lowest BCUT2D eigenvalue weighted by atomic mass is 9.72. The van der Waals surface area contributed by atoms with Crippen molar-refractivity contribution < 1.29 is 49.7 Å². The molecule has 4 aromatic rings. The zero-order chi connectivity index (χ0) is 36.7. The van der Waals surface area contributed by atoms with Crippen LogP contribution < -0.4 is 4.74 Å². The van der Waals surface area contributed by atoms with Gasteiger partial charge >= 0.3 is 5.97 Å². The lowest BCUT2D eigenvalue weighted by molar-refractivity contribution is -0.308. The number of hydrogen-bond acceptors (Lipinski definition) is 9. The van der Waals surface area contributed by atoms with Crippen LogP contribution in [0.1, 0.15) is 106 Å². The van der Waals surface area contributed by atoms with Gasteiger partial charge in [-0.15, -0.1) is 0 Å². The summed E-state index contributed by atoms with van der Waals surface area (Å²) in [6.45, 7) is 1.69. The molecule has 10 nitrogen and oxygen atoms in total. The molecule has 1 saturated carbocycles. The van der Waals surface area contributed by atoms with E-state index in [-0.39, 0.29) is 45.8 Å². The SMILES string of the molecule is Cc1cc2cc(C(=O)O)cc(O[C@H]3O[C@H](C4(O)CCCCC4)[C@@H](O)[C@H](O)[C@H]3O)c2c(O)c1C(=O)C[C@H]1CC[C@@H](Cc2ccccc2)c2ccccc21. The van der Waals surface area contributed by atoms with Crippen LogP contribution in [0.4, 0.5) is 0 Å². The van der Waals surface area contributed by atoms with Gasteiger partial charge in [0.1, 0.15) is 35.9 Å². The summed E-state index contributed by atoms with van der Waals surface area (Å²) in [7, 11) is 0. The predicted molar refractivity (Wildman–Crippen MR) is 193 cm³/mol. The second-order valence-corrected chi connectivity index (χ2v) is 14.9. The Hall–Kier alpha value is -4.32. The van der Waals surface area contributed by atoms with Gasteiger partial charge in [0.15, 0.2) is 5.78 Å². The number of phenolic OH excluding ortho intramolecular Hbond substituents is 1. The first kappa shape index (κ1) is 36.1. The first-order chi connectivity index (χ1) is 24.9. The van der Waals surface area contributed by atoms with Gasteiger partial charge in [-0.1, -0.05) is 79.9 Å². The number of Topliss-reactive ketones (excluding diaryl/α,β-unsaturated/α-hetero) is 1. The molecule has 2 fully saturated rings. The van der Waals surface area contributed by atoms with Crippen LogP contribution in [0.2, 0.25) is 0 Å². The molecule has 7 rings (SSSR count). The maximum atomic E-state index is 14.2. The zero-order valence-corrected chi connectivity index (χ0v) is 29.1. The highest BCUT2D eigenvalue weighted by Crippen LogP contribution is 2.46. The van der Waals surface area contributed by atoms with Crippen LogP contribution in [-0.4, -0.2) is 78.7 Å². The number of carboxylic acids is 1. The van der Waals surface area contributed by atoms with Crippen molar-refractivity contribution in [3.8, 4) is 11.5 Å². The standard InChI is InChI=1S/C42H46O10/c1-23-18-27-20-28(40(48)49)22-32(51-41-38(47)36(45)37(46)39(52-41)42(50)16-8-3-9-17-42)34(27)35(44)33(23)31(43)21-26-15-14-25(19-24-10-4-2-5-11-24)29-12-6-7-13-30(26)29/h2,4-7,10-13,18,20,22,25-26,36-39,41,44-47,50H,3,8-9,14-17,19,21H2,1H3,(H,48,49)/t25-,26+,36-,37-,38+,39-,41-/m0/s1. The van der Waals surface area contributed by atoms with E-state index in [1.807, 2.05) is 30.3 Å². The maximum Gasteiger partial charge on any atom is 0.335 e. The van der Waals surface area contributed by atoms with Gasteiger partial charge in [-0.2, -0.15) is 0 Å². The molecule has 10 heteroatoms. The van der Waals surface area contributed by atoms with Gasteiger partial charge in [0.05, 0.1) is 22.1 Å². The molecule has 1 saturated heterocycles. The van der Waals surface area contributed by atoms with E-state index in [2.05, 4.69) is 24.3 Å². The summed E-state index contributed by atoms with van der Waals surface area (Å²) in [6.07, 6.45) is -2.46. The molecule has 2 aliphatic carbocycles. The first-order valence-corrected chi connectivity index (χ1v) is 18.2. The number of fused-ring (bicyclic) bond motifs is 2. The number of hydrogen-bond donors (Lipinski definition) is 6. The Kier molecular flexibility index (Phi) is 10.1. The quantitative estimate of drug-likeness (QED) is 0.115. The number of aliphatic hydroxyl groups excluding tert-OH is 3. The maximum absolute atomic E-state index is 14.2. The summed E-state index contributed by atoms with van der Waals surface area (Å²) < 4.78 is 12.0. The molecule has 0 aromatic heterocycles. The summed E-state index contributed by atoms with van der Waals surface area (Å²) in [6, 6.07) is 22.7. The molecule has 0 bridgehead atoms. The fourth-order valence-corrected chi connectivity index (χ4v) is 8.77. The van der Waals surface area contributed by atoms with Gasteiger partial charge in [-0.05, 0) is 90.6 Å². The van der Waals surface area contributed by atoms with Gasteiger partial charge < -0.3 is 40.1 Å². The van der Waals surface area contributed by atoms with Crippen molar-refractivity contribution >= 4 is 22.5 Å². The van der Waals surface area contributed by atoms with E-state index in [0.717, 1.165) is 37.3 Å². The minimum Gasteiger partial charge on any atom is -0.506 e. The molecule has 0 radical (unpaired) electrons. The molecule has 4 aromatic carbocycles. The predicted octanol–water partition coefficient (Wildman–Crippen LogP) is 5.91. The number of aryl methyl sites for hydroxylation is 1. The normalized spacial score (nSPS) is 27.1. The van der Waals surface area contributed by atoms with Crippen LogP contribution in [0.25, 0.3) is 10.8 Å². The molecule has 52 heavy (non-hydrogen) atoms. The molecule has 1 heterocycles. The van der Waals surface area contributed by atoms with E-state index in [1.165, 1.54) is 17.2 Å². The van der Waals surface area contributed by atoms with Crippen LogP contribution >= 0.6 is 0 Å². The van der Waals surface area contributed by atoms with Crippen LogP contribution in [-0.2, 0) is 11.2 Å². The molecule has 3 aliphatic rings. The first-order valence-electron chi connectivity index (χ1n) is 18.2. The number of aromatic hydroxyl groups is 1. The summed E-state index contributed by atoms with van der Waals surface area (Å²) >= 11 is 0. The Morgan fingerprint density at radius 3 is 2.19 bits per heavy atom. The number of carbonyl (C=O) groups excluding carboxylic acids is 1. The van der Waals surface area contributed by atoms with Crippen LogP contribution in [0, 0.1) is 6.92 Å². The van der Waals surface area contributed by atoms with E-state index >= 15 is 0 Å². The number of ether oxygens (including phenoxy) is 2. The molecule has 274 valence electrons. The van der Waals surface area contributed by atoms with Gasteiger partial charge in [-0.3, -0.25) is 4.79 Å². The van der Waals surface area contributed by atoms with Crippen molar-refractivity contribution in [3.05, 3.63) is 106 Å². The largest absolute Gasteiger partial charge is 0.506 e. The third-order valence-corrected chi connectivity index (χ3v) is 11.5. The molecule has 0 unspecified atom stereocenters. The number of carboxylic acid groups (broad SMARTS) is 1. The summed E-state index contributed by atoms with van der Waals surface area (Å²) in [5.41, 5.74) is 2.48. The van der Waals surface area contributed by atoms with Crippen LogP contribution in [0.15, 0.2) is 72.8 Å². The Balaban J connectivity index is 1.21. The van der Waals surface area contributed by atoms with E-state index in [4.69, 9.17) is 9.47 Å². The number of aromatic carboxylic acids is 1. The minimum atomic E-state index is -1.78. The Labute approximate surface area is 302 Å². The number of ketones is 1. The average Bonchev–Trinajstić information content (AvgIpc) is 3.13. The summed E-state index contributed by atoms with van der Waals surface area (Å²) in [5, 5.41) is 66.1. The topological polar surface area (TPSA) is 174 Å². The third kappa shape index (κ3) is 6.81. The van der Waals surface area contributed by atoms with E-state index < -0.39 is 48.0 Å². The molecule has 7 atom stereocenters. The van der Waals surface area contributed by atoms with Crippen molar-refractivity contribution in [2.75, 3.05) is 0 Å². The van der Waals surface area contributed by atoms with Gasteiger partial charge in [0, 0.05) is 6.42 Å². The van der Waals surface area contributed by atoms with Crippen molar-refractivity contribution in [2.24, 2.45) is 0 Å². The molecule has 0 amide bonds. The number of phenols is 1. The van der Waals surface area contributed by atoms with Crippen molar-refractivity contribution in [2.45, 2.75) is 113 Å². The molecular weight excluding hydrogens is 664 g/mol. The van der Waals surface area contributed by atoms with Crippen molar-refractivity contribution in [1.82, 2.24) is 0 Å². The monoisotopic (exact) mass is 710 g/mol. The van der Waals surface area contributed by atoms with Crippen molar-refractivity contribution in [3.63, 3.8) is 0 Å². The fourth-order valence-electron chi connectivity index (χ4n) is 8.77. The highest BCUT2D eigenvalue weighted by Gasteiger charge is 2.53. The smallest absolute Gasteiger partial charge is 0.335 e. The average molecular weight is 711 g/mol. The lowest BCUT2D eigenvalue weighted by Gasteiger charge is -2.48. The Bertz CT molecular complexity index is 1950. The summed E-state index contributed by atoms with van der Waals surface area (Å²) in [5.74, 6) is -1.91. The molecule has 1 aliphatic heterocycles. The summed E-state index contributed by atoms with van der Waals surface area (Å²) in [4.78, 5) is 26.4. The zero-order valence-electron chi connectivity index (χ0n) is 29.1. The second-order valence-electron chi connectivity index (χ2n) is 14.9. The van der Waals surface area contributed by atoms with Crippen LogP contribution in [0.3, 0.4) is 0 Å². The minimum absolute atomic E-state index is 0.0373. The number of carbonyl (C=O) groups is 2. The number of rotatable bonds is 9. The van der Waals surface area contributed by atoms with Gasteiger partial charge in [0.2, 0.25) is 6.29 Å². The third-order valence-electron chi connectivity index (χ3n) is 11.5. The molecule has 6 N–H and O–H groups in total. The highest BCUT2D eigenvalue weighted by molar-refractivity contribution is 6.09. The Morgan fingerprint density at radius 1 is 0.846 bits per heavy atom. The van der Waals surface area contributed by atoms with Gasteiger partial charge in [0.25, 0.3) is 0 Å². The highest BCUT2D eigenvalue weighted by atomic mass is 16.7. The molecular formula is C42H46O10. The van der Waals surface area contributed by atoms with E-state index in [1.54, 1.807) is 13.0 Å². The van der Waals surface area contributed by atoms with Crippen molar-refractivity contribution in [1.29, 1.82) is 0 Å². The molecule has 0 spiro atoms.